The molecule has 4 amide bonds. The highest BCUT2D eigenvalue weighted by molar-refractivity contribution is 6.21. The Morgan fingerprint density at radius 3 is 2.65 bits per heavy atom. The van der Waals surface area contributed by atoms with Gasteiger partial charge in [0.25, 0.3) is 5.91 Å². The molecule has 176 valence electrons. The minimum absolute atomic E-state index is 0.0616. The van der Waals surface area contributed by atoms with E-state index in [1.807, 2.05) is 24.3 Å². The SMILES string of the molecule is CC(C)c1ccc(N2C(=O)N[C@@H](CCC(=O)N[C@H]3CCCc4c3[nH]c3ccccc43)C2=O)cc1. The smallest absolute Gasteiger partial charge is 0.329 e. The second-order valence-electron chi connectivity index (χ2n) is 9.54. The van der Waals surface area contributed by atoms with E-state index in [-0.39, 0.29) is 30.7 Å². The fourth-order valence-corrected chi connectivity index (χ4v) is 5.08. The van der Waals surface area contributed by atoms with E-state index in [2.05, 4.69) is 41.6 Å². The third kappa shape index (κ3) is 4.06. The van der Waals surface area contributed by atoms with Crippen molar-refractivity contribution in [3.05, 3.63) is 65.4 Å². The lowest BCUT2D eigenvalue weighted by Gasteiger charge is -2.24. The molecular formula is C27H30N4O3. The quantitative estimate of drug-likeness (QED) is 0.468. The van der Waals surface area contributed by atoms with Crippen LogP contribution >= 0.6 is 0 Å². The van der Waals surface area contributed by atoms with Gasteiger partial charge in [0.05, 0.1) is 11.7 Å². The van der Waals surface area contributed by atoms with Crippen LogP contribution in [0, 0.1) is 0 Å². The van der Waals surface area contributed by atoms with Crippen LogP contribution in [0.1, 0.15) is 68.3 Å². The predicted molar refractivity (Wildman–Crippen MR) is 132 cm³/mol. The van der Waals surface area contributed by atoms with E-state index in [0.717, 1.165) is 36.0 Å². The molecule has 2 aliphatic rings. The molecule has 0 radical (unpaired) electrons. The molecule has 7 nitrogen and oxygen atoms in total. The highest BCUT2D eigenvalue weighted by atomic mass is 16.2. The number of nitrogens with zero attached hydrogens (tertiary/aromatic N) is 1. The largest absolute Gasteiger partial charge is 0.356 e. The second-order valence-corrected chi connectivity index (χ2v) is 9.54. The van der Waals surface area contributed by atoms with Crippen molar-refractivity contribution in [3.8, 4) is 0 Å². The molecule has 1 aliphatic carbocycles. The van der Waals surface area contributed by atoms with Gasteiger partial charge in [0.1, 0.15) is 6.04 Å². The van der Waals surface area contributed by atoms with Gasteiger partial charge in [-0.1, -0.05) is 44.2 Å². The number of benzene rings is 2. The minimum Gasteiger partial charge on any atom is -0.356 e. The number of imide groups is 1. The maximum Gasteiger partial charge on any atom is 0.329 e. The normalized spacial score (nSPS) is 20.0. The number of hydrogen-bond donors (Lipinski definition) is 3. The van der Waals surface area contributed by atoms with Crippen LogP contribution in [0.5, 0.6) is 0 Å². The van der Waals surface area contributed by atoms with E-state index in [4.69, 9.17) is 0 Å². The van der Waals surface area contributed by atoms with E-state index in [1.165, 1.54) is 15.8 Å². The average molecular weight is 459 g/mol. The van der Waals surface area contributed by atoms with E-state index in [1.54, 1.807) is 12.1 Å². The molecule has 3 aromatic rings. The summed E-state index contributed by atoms with van der Waals surface area (Å²) in [6, 6.07) is 14.5. The third-order valence-corrected chi connectivity index (χ3v) is 6.95. The Kier molecular flexibility index (Phi) is 5.86. The Labute approximate surface area is 198 Å². The first kappa shape index (κ1) is 22.2. The number of aryl methyl sites for hydroxylation is 1. The summed E-state index contributed by atoms with van der Waals surface area (Å²) < 4.78 is 0. The Hall–Kier alpha value is -3.61. The lowest BCUT2D eigenvalue weighted by atomic mass is 9.91. The van der Waals surface area contributed by atoms with Crippen LogP contribution in [-0.2, 0) is 16.0 Å². The highest BCUT2D eigenvalue weighted by Crippen LogP contribution is 2.34. The van der Waals surface area contributed by atoms with Gasteiger partial charge < -0.3 is 15.6 Å². The van der Waals surface area contributed by atoms with Crippen molar-refractivity contribution in [2.75, 3.05) is 4.90 Å². The molecule has 34 heavy (non-hydrogen) atoms. The van der Waals surface area contributed by atoms with Crippen molar-refractivity contribution >= 4 is 34.4 Å². The van der Waals surface area contributed by atoms with Crippen LogP contribution in [0.2, 0.25) is 0 Å². The van der Waals surface area contributed by atoms with Gasteiger partial charge in [-0.3, -0.25) is 9.59 Å². The van der Waals surface area contributed by atoms with Gasteiger partial charge in [-0.05, 0) is 60.9 Å². The van der Waals surface area contributed by atoms with Crippen molar-refractivity contribution in [1.82, 2.24) is 15.6 Å². The number of urea groups is 1. The second kappa shape index (κ2) is 8.97. The lowest BCUT2D eigenvalue weighted by molar-refractivity contribution is -0.122. The molecule has 0 spiro atoms. The van der Waals surface area contributed by atoms with Crippen LogP contribution in [0.4, 0.5) is 10.5 Å². The number of anilines is 1. The summed E-state index contributed by atoms with van der Waals surface area (Å²) in [7, 11) is 0. The van der Waals surface area contributed by atoms with Gasteiger partial charge in [0, 0.05) is 23.0 Å². The number of nitrogens with one attached hydrogen (secondary N) is 3. The Morgan fingerprint density at radius 2 is 1.88 bits per heavy atom. The molecule has 2 aromatic carbocycles. The summed E-state index contributed by atoms with van der Waals surface area (Å²) >= 11 is 0. The lowest BCUT2D eigenvalue weighted by Crippen LogP contribution is -2.34. The summed E-state index contributed by atoms with van der Waals surface area (Å²) in [5, 5.41) is 7.09. The molecule has 1 fully saturated rings. The Bertz CT molecular complexity index is 1240. The van der Waals surface area contributed by atoms with E-state index >= 15 is 0 Å². The van der Waals surface area contributed by atoms with Gasteiger partial charge >= 0.3 is 6.03 Å². The number of rotatable bonds is 6. The zero-order chi connectivity index (χ0) is 23.8. The van der Waals surface area contributed by atoms with Crippen LogP contribution in [-0.4, -0.2) is 28.9 Å². The minimum atomic E-state index is -0.696. The number of aromatic nitrogens is 1. The first-order valence-corrected chi connectivity index (χ1v) is 12.1. The van der Waals surface area contributed by atoms with Gasteiger partial charge in [-0.2, -0.15) is 0 Å². The highest BCUT2D eigenvalue weighted by Gasteiger charge is 2.39. The fraction of sp³-hybridized carbons (Fsp3) is 0.370. The fourth-order valence-electron chi connectivity index (χ4n) is 5.08. The maximum absolute atomic E-state index is 12.9. The van der Waals surface area contributed by atoms with Crippen LogP contribution in [0.15, 0.2) is 48.5 Å². The monoisotopic (exact) mass is 458 g/mol. The number of fused-ring (bicyclic) bond motifs is 3. The van der Waals surface area contributed by atoms with Crippen LogP contribution in [0.3, 0.4) is 0 Å². The summed E-state index contributed by atoms with van der Waals surface area (Å²) in [5.74, 6) is -0.0584. The van der Waals surface area contributed by atoms with Crippen molar-refractivity contribution in [3.63, 3.8) is 0 Å². The zero-order valence-electron chi connectivity index (χ0n) is 19.6. The number of carbonyl (C=O) groups excluding carboxylic acids is 3. The van der Waals surface area contributed by atoms with Crippen molar-refractivity contribution in [2.24, 2.45) is 0 Å². The van der Waals surface area contributed by atoms with Crippen molar-refractivity contribution in [2.45, 2.75) is 64.0 Å². The van der Waals surface area contributed by atoms with Gasteiger partial charge in [-0.25, -0.2) is 9.69 Å². The molecule has 1 saturated heterocycles. The van der Waals surface area contributed by atoms with Gasteiger partial charge in [0.2, 0.25) is 5.91 Å². The zero-order valence-corrected chi connectivity index (χ0v) is 19.6. The molecule has 2 atom stereocenters. The van der Waals surface area contributed by atoms with Gasteiger partial charge in [0.15, 0.2) is 0 Å². The molecule has 0 bridgehead atoms. The van der Waals surface area contributed by atoms with E-state index in [9.17, 15) is 14.4 Å². The average Bonchev–Trinajstić information content (AvgIpc) is 3.35. The first-order valence-electron chi connectivity index (χ1n) is 12.1. The Morgan fingerprint density at radius 1 is 1.12 bits per heavy atom. The van der Waals surface area contributed by atoms with Crippen molar-refractivity contribution in [1.29, 1.82) is 0 Å². The number of H-pyrrole nitrogens is 1. The van der Waals surface area contributed by atoms with Crippen molar-refractivity contribution < 1.29 is 14.4 Å². The first-order chi connectivity index (χ1) is 16.4. The van der Waals surface area contributed by atoms with Crippen LogP contribution in [0.25, 0.3) is 10.9 Å². The maximum atomic E-state index is 12.9. The Balaban J connectivity index is 1.21. The van der Waals surface area contributed by atoms with Crippen LogP contribution < -0.4 is 15.5 Å². The number of amides is 4. The molecule has 7 heteroatoms. The topological polar surface area (TPSA) is 94.3 Å². The predicted octanol–water partition coefficient (Wildman–Crippen LogP) is 4.69. The number of carbonyl (C=O) groups is 3. The number of aromatic amines is 1. The molecule has 0 saturated carbocycles. The van der Waals surface area contributed by atoms with Gasteiger partial charge in [-0.15, -0.1) is 0 Å². The standard InChI is InChI=1S/C27H30N4O3/c1-16(2)17-10-12-18(13-11-17)31-26(33)23(30-27(31)34)14-15-24(32)28-22-9-5-7-20-19-6-3-4-8-21(19)29-25(20)22/h3-4,6,8,10-13,16,22-23,29H,5,7,9,14-15H2,1-2H3,(H,28,32)(H,30,34)/t22-,23-/m0/s1. The summed E-state index contributed by atoms with van der Waals surface area (Å²) in [4.78, 5) is 42.8. The number of para-hydroxylation sites is 1. The summed E-state index contributed by atoms with van der Waals surface area (Å²) in [6.07, 6.45) is 3.33. The van der Waals surface area contributed by atoms with E-state index < -0.39 is 12.1 Å². The third-order valence-electron chi connectivity index (χ3n) is 6.95. The molecule has 1 aromatic heterocycles. The molecule has 2 heterocycles. The molecule has 5 rings (SSSR count). The molecular weight excluding hydrogens is 428 g/mol. The summed E-state index contributed by atoms with van der Waals surface area (Å²) in [6.45, 7) is 4.19. The number of hydrogen-bond acceptors (Lipinski definition) is 3. The molecule has 1 aliphatic heterocycles. The summed E-state index contributed by atoms with van der Waals surface area (Å²) in [5.41, 5.74) is 5.15. The molecule has 0 unspecified atom stereocenters. The van der Waals surface area contributed by atoms with E-state index in [0.29, 0.717) is 11.6 Å². The molecule has 3 N–H and O–H groups in total.